The van der Waals surface area contributed by atoms with Crippen molar-refractivity contribution in [1.29, 1.82) is 0 Å². The molecule has 7 heteroatoms. The number of aryl methyl sites for hydroxylation is 1. The second kappa shape index (κ2) is 6.11. The van der Waals surface area contributed by atoms with Crippen molar-refractivity contribution >= 4 is 17.4 Å². The third-order valence-corrected chi connectivity index (χ3v) is 4.59. The summed E-state index contributed by atoms with van der Waals surface area (Å²) >= 11 is 0. The summed E-state index contributed by atoms with van der Waals surface area (Å²) in [5.74, 6) is 0.226. The smallest absolute Gasteiger partial charge is 0.269 e. The van der Waals surface area contributed by atoms with Gasteiger partial charge in [0.25, 0.3) is 5.69 Å². The molecule has 1 unspecified atom stereocenters. The highest BCUT2D eigenvalue weighted by Gasteiger charge is 2.33. The van der Waals surface area contributed by atoms with Crippen molar-refractivity contribution < 1.29 is 9.72 Å². The molecule has 0 bridgehead atoms. The second-order valence-corrected chi connectivity index (χ2v) is 6.25. The maximum absolute atomic E-state index is 12.3. The maximum atomic E-state index is 12.3. The molecule has 1 aromatic heterocycles. The van der Waals surface area contributed by atoms with Gasteiger partial charge in [0.15, 0.2) is 0 Å². The van der Waals surface area contributed by atoms with Crippen LogP contribution >= 0.6 is 0 Å². The number of nitrogens with one attached hydrogen (secondary N) is 1. The molecule has 4 rings (SSSR count). The normalized spacial score (nSPS) is 16.0. The van der Waals surface area contributed by atoms with E-state index in [1.165, 1.54) is 12.1 Å². The van der Waals surface area contributed by atoms with Crippen LogP contribution in [-0.4, -0.2) is 20.6 Å². The highest BCUT2D eigenvalue weighted by molar-refractivity contribution is 5.95. The van der Waals surface area contributed by atoms with Crippen LogP contribution < -0.4 is 5.32 Å². The van der Waals surface area contributed by atoms with Gasteiger partial charge in [0.2, 0.25) is 5.91 Å². The molecule has 1 aliphatic heterocycles. The van der Waals surface area contributed by atoms with Crippen LogP contribution in [0.25, 0.3) is 5.69 Å². The summed E-state index contributed by atoms with van der Waals surface area (Å²) in [7, 11) is 0. The molecule has 1 amide bonds. The van der Waals surface area contributed by atoms with Crippen molar-refractivity contribution in [2.45, 2.75) is 19.3 Å². The monoisotopic (exact) mass is 348 g/mol. The van der Waals surface area contributed by atoms with Gasteiger partial charge in [-0.25, -0.2) is 4.68 Å². The fourth-order valence-corrected chi connectivity index (χ4v) is 3.44. The van der Waals surface area contributed by atoms with Crippen LogP contribution in [0.2, 0.25) is 0 Å². The Kier molecular flexibility index (Phi) is 3.76. The van der Waals surface area contributed by atoms with Gasteiger partial charge >= 0.3 is 0 Å². The molecule has 3 aromatic rings. The lowest BCUT2D eigenvalue weighted by atomic mass is 9.85. The number of fused-ring (bicyclic) bond motifs is 1. The molecule has 7 nitrogen and oxygen atoms in total. The molecule has 1 N–H and O–H groups in total. The summed E-state index contributed by atoms with van der Waals surface area (Å²) in [6.45, 7) is 1.89. The summed E-state index contributed by atoms with van der Waals surface area (Å²) in [4.78, 5) is 23.0. The van der Waals surface area contributed by atoms with Crippen molar-refractivity contribution in [2.75, 3.05) is 5.32 Å². The molecule has 130 valence electrons. The van der Waals surface area contributed by atoms with E-state index in [-0.39, 0.29) is 23.9 Å². The van der Waals surface area contributed by atoms with Crippen LogP contribution in [0.3, 0.4) is 0 Å². The van der Waals surface area contributed by atoms with Crippen molar-refractivity contribution in [3.8, 4) is 5.69 Å². The van der Waals surface area contributed by atoms with Gasteiger partial charge < -0.3 is 5.32 Å². The third kappa shape index (κ3) is 2.63. The van der Waals surface area contributed by atoms with Gasteiger partial charge in [0, 0.05) is 30.0 Å². The van der Waals surface area contributed by atoms with Crippen LogP contribution in [0.5, 0.6) is 0 Å². The van der Waals surface area contributed by atoms with Crippen LogP contribution in [-0.2, 0) is 4.79 Å². The summed E-state index contributed by atoms with van der Waals surface area (Å²) in [5, 5.41) is 18.6. The van der Waals surface area contributed by atoms with E-state index in [1.807, 2.05) is 43.3 Å². The number of benzene rings is 2. The van der Waals surface area contributed by atoms with E-state index in [9.17, 15) is 14.9 Å². The van der Waals surface area contributed by atoms with Gasteiger partial charge in [-0.1, -0.05) is 30.3 Å². The van der Waals surface area contributed by atoms with Gasteiger partial charge in [0.05, 0.1) is 16.3 Å². The molecule has 0 spiro atoms. The van der Waals surface area contributed by atoms with Crippen LogP contribution in [0.4, 0.5) is 11.5 Å². The molecule has 0 radical (unpaired) electrons. The molecule has 0 fully saturated rings. The number of anilines is 1. The van der Waals surface area contributed by atoms with E-state index in [4.69, 9.17) is 0 Å². The first kappa shape index (κ1) is 16.0. The standard InChI is InChI=1S/C19H16N4O3/c1-12-18-16(13-6-5-9-15(10-13)23(25)26)11-17(24)20-19(18)22(21-12)14-7-3-2-4-8-14/h2-10,16H,11H2,1H3,(H,20,24). The minimum Gasteiger partial charge on any atom is -0.310 e. The van der Waals surface area contributed by atoms with E-state index in [1.54, 1.807) is 10.7 Å². The molecule has 2 aromatic carbocycles. The average Bonchev–Trinajstić information content (AvgIpc) is 2.98. The molecule has 0 saturated heterocycles. The number of nitro benzene ring substituents is 1. The highest BCUT2D eigenvalue weighted by atomic mass is 16.6. The number of nitrogens with zero attached hydrogens (tertiary/aromatic N) is 3. The van der Waals surface area contributed by atoms with Crippen molar-refractivity contribution in [1.82, 2.24) is 9.78 Å². The van der Waals surface area contributed by atoms with Crippen LogP contribution in [0.15, 0.2) is 54.6 Å². The Morgan fingerprint density at radius 3 is 2.69 bits per heavy atom. The Balaban J connectivity index is 1.87. The van der Waals surface area contributed by atoms with E-state index >= 15 is 0 Å². The molecule has 0 saturated carbocycles. The highest BCUT2D eigenvalue weighted by Crippen LogP contribution is 2.40. The SMILES string of the molecule is Cc1nn(-c2ccccc2)c2c1C(c1cccc([N+](=O)[O-])c1)CC(=O)N2. The number of hydrogen-bond acceptors (Lipinski definition) is 4. The lowest BCUT2D eigenvalue weighted by Gasteiger charge is -2.24. The van der Waals surface area contributed by atoms with E-state index in [0.717, 1.165) is 22.5 Å². The molecule has 0 aliphatic carbocycles. The molecule has 1 aliphatic rings. The molecule has 2 heterocycles. The molecule has 1 atom stereocenters. The first-order chi connectivity index (χ1) is 12.5. The maximum Gasteiger partial charge on any atom is 0.269 e. The van der Waals surface area contributed by atoms with Crippen molar-refractivity contribution in [3.05, 3.63) is 81.5 Å². The molecule has 26 heavy (non-hydrogen) atoms. The molecular weight excluding hydrogens is 332 g/mol. The predicted octanol–water partition coefficient (Wildman–Crippen LogP) is 3.56. The number of para-hydroxylation sites is 1. The number of hydrogen-bond donors (Lipinski definition) is 1. The number of rotatable bonds is 3. The lowest BCUT2D eigenvalue weighted by Crippen LogP contribution is -2.25. The lowest BCUT2D eigenvalue weighted by molar-refractivity contribution is -0.384. The number of carbonyl (C=O) groups is 1. The Hall–Kier alpha value is -3.48. The van der Waals surface area contributed by atoms with Gasteiger partial charge in [0.1, 0.15) is 5.82 Å². The van der Waals surface area contributed by atoms with Crippen molar-refractivity contribution in [2.24, 2.45) is 0 Å². The van der Waals surface area contributed by atoms with Gasteiger partial charge in [-0.05, 0) is 24.6 Å². The zero-order valence-corrected chi connectivity index (χ0v) is 14.0. The van der Waals surface area contributed by atoms with Gasteiger partial charge in [-0.3, -0.25) is 14.9 Å². The number of carbonyl (C=O) groups excluding carboxylic acids is 1. The van der Waals surface area contributed by atoms with Gasteiger partial charge in [-0.15, -0.1) is 0 Å². The predicted molar refractivity (Wildman–Crippen MR) is 96.5 cm³/mol. The molecular formula is C19H16N4O3. The number of nitro groups is 1. The minimum atomic E-state index is -0.423. The fraction of sp³-hybridized carbons (Fsp3) is 0.158. The topological polar surface area (TPSA) is 90.1 Å². The van der Waals surface area contributed by atoms with E-state index in [2.05, 4.69) is 10.4 Å². The zero-order chi connectivity index (χ0) is 18.3. The minimum absolute atomic E-state index is 0.0168. The Bertz CT molecular complexity index is 1010. The Morgan fingerprint density at radius 2 is 1.96 bits per heavy atom. The quantitative estimate of drug-likeness (QED) is 0.579. The first-order valence-electron chi connectivity index (χ1n) is 8.23. The second-order valence-electron chi connectivity index (χ2n) is 6.25. The first-order valence-corrected chi connectivity index (χ1v) is 8.23. The van der Waals surface area contributed by atoms with Gasteiger partial charge in [-0.2, -0.15) is 5.10 Å². The number of aromatic nitrogens is 2. The Morgan fingerprint density at radius 1 is 1.19 bits per heavy atom. The summed E-state index contributed by atoms with van der Waals surface area (Å²) in [5.41, 5.74) is 3.29. The van der Waals surface area contributed by atoms with Crippen LogP contribution in [0.1, 0.15) is 29.2 Å². The summed E-state index contributed by atoms with van der Waals surface area (Å²) in [6, 6.07) is 16.0. The van der Waals surface area contributed by atoms with Crippen LogP contribution in [0, 0.1) is 17.0 Å². The zero-order valence-electron chi connectivity index (χ0n) is 14.0. The Labute approximate surface area is 149 Å². The third-order valence-electron chi connectivity index (χ3n) is 4.59. The fourth-order valence-electron chi connectivity index (χ4n) is 3.44. The number of amides is 1. The summed E-state index contributed by atoms with van der Waals surface area (Å²) in [6.07, 6.45) is 0.232. The largest absolute Gasteiger partial charge is 0.310 e. The summed E-state index contributed by atoms with van der Waals surface area (Å²) < 4.78 is 1.71. The van der Waals surface area contributed by atoms with E-state index < -0.39 is 4.92 Å². The van der Waals surface area contributed by atoms with Crippen molar-refractivity contribution in [3.63, 3.8) is 0 Å². The average molecular weight is 348 g/mol. The van der Waals surface area contributed by atoms with E-state index in [0.29, 0.717) is 5.82 Å². The number of non-ortho nitro benzene ring substituents is 1.